The predicted octanol–water partition coefficient (Wildman–Crippen LogP) is 4.19. The molecule has 2 aromatic carbocycles. The summed E-state index contributed by atoms with van der Waals surface area (Å²) in [5.41, 5.74) is 4.24. The zero-order valence-electron chi connectivity index (χ0n) is 19.7. The highest BCUT2D eigenvalue weighted by molar-refractivity contribution is 5.93. The van der Waals surface area contributed by atoms with E-state index in [9.17, 15) is 9.59 Å². The maximum atomic E-state index is 12.5. The minimum Gasteiger partial charge on any atom is -0.497 e. The average Bonchev–Trinajstić information content (AvgIpc) is 2.78. The van der Waals surface area contributed by atoms with Crippen LogP contribution >= 0.6 is 0 Å². The number of carbonyl (C=O) groups is 1. The molecule has 0 saturated carbocycles. The lowest BCUT2D eigenvalue weighted by molar-refractivity contribution is -0.118. The minimum atomic E-state index is -0.318. The van der Waals surface area contributed by atoms with E-state index in [1.54, 1.807) is 20.2 Å². The highest BCUT2D eigenvalue weighted by Crippen LogP contribution is 2.22. The molecule has 0 aliphatic carbocycles. The van der Waals surface area contributed by atoms with E-state index in [0.29, 0.717) is 18.8 Å². The molecule has 0 aliphatic rings. The molecular formula is C26H30N2O5. The van der Waals surface area contributed by atoms with E-state index in [-0.39, 0.29) is 23.7 Å². The third-order valence-electron chi connectivity index (χ3n) is 5.34. The van der Waals surface area contributed by atoms with Crippen molar-refractivity contribution in [2.45, 2.75) is 34.2 Å². The number of nitrogens with zero attached hydrogens (tertiary/aromatic N) is 1. The van der Waals surface area contributed by atoms with Gasteiger partial charge in [0.2, 0.25) is 5.43 Å². The van der Waals surface area contributed by atoms with Crippen LogP contribution in [0.4, 0.5) is 5.69 Å². The van der Waals surface area contributed by atoms with Crippen molar-refractivity contribution >= 4 is 11.6 Å². The quantitative estimate of drug-likeness (QED) is 0.529. The number of carbonyl (C=O) groups excluding carboxylic acids is 1. The number of rotatable bonds is 9. The van der Waals surface area contributed by atoms with E-state index < -0.39 is 0 Å². The van der Waals surface area contributed by atoms with Gasteiger partial charge in [0.25, 0.3) is 5.91 Å². The number of hydrogen-bond donors (Lipinski definition) is 1. The van der Waals surface area contributed by atoms with Crippen molar-refractivity contribution in [3.8, 4) is 17.2 Å². The number of anilines is 1. The lowest BCUT2D eigenvalue weighted by Gasteiger charge is -2.16. The van der Waals surface area contributed by atoms with Gasteiger partial charge in [-0.3, -0.25) is 9.59 Å². The standard InChI is InChI=1S/C26H30N2O5/c1-17-14-18(2)25(19(3)15-17)27-24(30)16-33-26-20(4)28(11-10-23(26)29)12-13-32-22-8-6-21(31-5)7-9-22/h6-11,14-15H,12-13,16H2,1-5H3,(H,27,30). The van der Waals surface area contributed by atoms with Gasteiger partial charge in [-0.1, -0.05) is 17.7 Å². The van der Waals surface area contributed by atoms with Crippen molar-refractivity contribution in [2.24, 2.45) is 0 Å². The second-order valence-corrected chi connectivity index (χ2v) is 7.92. The van der Waals surface area contributed by atoms with Crippen molar-refractivity contribution in [1.29, 1.82) is 0 Å². The first-order valence-corrected chi connectivity index (χ1v) is 10.8. The molecule has 33 heavy (non-hydrogen) atoms. The summed E-state index contributed by atoms with van der Waals surface area (Å²) < 4.78 is 18.4. The average molecular weight is 451 g/mol. The smallest absolute Gasteiger partial charge is 0.262 e. The van der Waals surface area contributed by atoms with Gasteiger partial charge in [0, 0.05) is 18.0 Å². The van der Waals surface area contributed by atoms with E-state index in [1.165, 1.54) is 6.07 Å². The zero-order chi connectivity index (χ0) is 24.0. The van der Waals surface area contributed by atoms with Gasteiger partial charge in [0.15, 0.2) is 12.4 Å². The summed E-state index contributed by atoms with van der Waals surface area (Å²) in [5.74, 6) is 1.33. The summed E-state index contributed by atoms with van der Waals surface area (Å²) in [5, 5.41) is 2.89. The van der Waals surface area contributed by atoms with Gasteiger partial charge in [-0.05, 0) is 63.1 Å². The van der Waals surface area contributed by atoms with Crippen LogP contribution < -0.4 is 25.0 Å². The number of hydrogen-bond acceptors (Lipinski definition) is 5. The van der Waals surface area contributed by atoms with Crippen molar-refractivity contribution in [1.82, 2.24) is 4.57 Å². The van der Waals surface area contributed by atoms with Gasteiger partial charge in [-0.15, -0.1) is 0 Å². The van der Waals surface area contributed by atoms with Gasteiger partial charge >= 0.3 is 0 Å². The number of pyridine rings is 1. The van der Waals surface area contributed by atoms with E-state index in [4.69, 9.17) is 14.2 Å². The molecule has 1 amide bonds. The molecule has 0 atom stereocenters. The first-order valence-electron chi connectivity index (χ1n) is 10.8. The molecule has 174 valence electrons. The molecule has 0 spiro atoms. The Morgan fingerprint density at radius 3 is 2.21 bits per heavy atom. The molecule has 7 heteroatoms. The minimum absolute atomic E-state index is 0.162. The molecular weight excluding hydrogens is 420 g/mol. The van der Waals surface area contributed by atoms with Crippen LogP contribution in [0.2, 0.25) is 0 Å². The number of amides is 1. The third-order valence-corrected chi connectivity index (χ3v) is 5.34. The molecule has 0 fully saturated rings. The Labute approximate surface area is 193 Å². The first kappa shape index (κ1) is 23.9. The first-order chi connectivity index (χ1) is 15.8. The summed E-state index contributed by atoms with van der Waals surface area (Å²) in [6.45, 7) is 8.37. The van der Waals surface area contributed by atoms with Crippen molar-refractivity contribution in [3.05, 3.63) is 81.3 Å². The fourth-order valence-corrected chi connectivity index (χ4v) is 3.70. The van der Waals surface area contributed by atoms with Crippen LogP contribution in [0.3, 0.4) is 0 Å². The van der Waals surface area contributed by atoms with Crippen LogP contribution in [0.15, 0.2) is 53.5 Å². The molecule has 3 aromatic rings. The Bertz CT molecular complexity index is 1160. The van der Waals surface area contributed by atoms with E-state index in [2.05, 4.69) is 5.32 Å². The molecule has 1 N–H and O–H groups in total. The number of methoxy groups -OCH3 is 1. The Morgan fingerprint density at radius 1 is 0.939 bits per heavy atom. The SMILES string of the molecule is COc1ccc(OCCn2ccc(=O)c(OCC(=O)Nc3c(C)cc(C)cc3C)c2C)cc1. The van der Waals surface area contributed by atoms with Crippen LogP contribution in [0.1, 0.15) is 22.4 Å². The molecule has 0 bridgehead atoms. The number of nitrogens with one attached hydrogen (secondary N) is 1. The largest absolute Gasteiger partial charge is 0.497 e. The fourth-order valence-electron chi connectivity index (χ4n) is 3.70. The van der Waals surface area contributed by atoms with Crippen LogP contribution in [-0.4, -0.2) is 30.8 Å². The number of aryl methyl sites for hydroxylation is 3. The molecule has 0 aliphatic heterocycles. The monoisotopic (exact) mass is 450 g/mol. The van der Waals surface area contributed by atoms with Crippen LogP contribution in [0.5, 0.6) is 17.2 Å². The molecule has 0 radical (unpaired) electrons. The van der Waals surface area contributed by atoms with Gasteiger partial charge in [-0.2, -0.15) is 0 Å². The Hall–Kier alpha value is -3.74. The topological polar surface area (TPSA) is 78.8 Å². The highest BCUT2D eigenvalue weighted by Gasteiger charge is 2.13. The summed E-state index contributed by atoms with van der Waals surface area (Å²) in [6.07, 6.45) is 1.70. The van der Waals surface area contributed by atoms with Crippen LogP contribution in [0.25, 0.3) is 0 Å². The van der Waals surface area contributed by atoms with E-state index in [0.717, 1.165) is 33.9 Å². The molecule has 1 heterocycles. The predicted molar refractivity (Wildman–Crippen MR) is 129 cm³/mol. The number of aromatic nitrogens is 1. The maximum absolute atomic E-state index is 12.5. The summed E-state index contributed by atoms with van der Waals surface area (Å²) in [7, 11) is 1.61. The molecule has 1 aromatic heterocycles. The van der Waals surface area contributed by atoms with Crippen molar-refractivity contribution in [3.63, 3.8) is 0 Å². The lowest BCUT2D eigenvalue weighted by Crippen LogP contribution is -2.24. The van der Waals surface area contributed by atoms with Gasteiger partial charge < -0.3 is 24.1 Å². The van der Waals surface area contributed by atoms with E-state index >= 15 is 0 Å². The molecule has 0 saturated heterocycles. The Kier molecular flexibility index (Phi) is 7.77. The summed E-state index contributed by atoms with van der Waals surface area (Å²) in [6, 6.07) is 12.8. The summed E-state index contributed by atoms with van der Waals surface area (Å²) in [4.78, 5) is 24.8. The van der Waals surface area contributed by atoms with Crippen LogP contribution in [-0.2, 0) is 11.3 Å². The zero-order valence-corrected chi connectivity index (χ0v) is 19.7. The number of ether oxygens (including phenoxy) is 3. The van der Waals surface area contributed by atoms with Gasteiger partial charge in [0.1, 0.15) is 18.1 Å². The lowest BCUT2D eigenvalue weighted by atomic mass is 10.1. The normalized spacial score (nSPS) is 10.6. The summed E-state index contributed by atoms with van der Waals surface area (Å²) >= 11 is 0. The Balaban J connectivity index is 1.61. The van der Waals surface area contributed by atoms with Gasteiger partial charge in [-0.25, -0.2) is 0 Å². The Morgan fingerprint density at radius 2 is 1.58 bits per heavy atom. The van der Waals surface area contributed by atoms with Crippen molar-refractivity contribution < 1.29 is 19.0 Å². The maximum Gasteiger partial charge on any atom is 0.262 e. The number of benzene rings is 2. The molecule has 3 rings (SSSR count). The van der Waals surface area contributed by atoms with Gasteiger partial charge in [0.05, 0.1) is 19.3 Å². The second kappa shape index (κ2) is 10.7. The van der Waals surface area contributed by atoms with Crippen molar-refractivity contribution in [2.75, 3.05) is 25.6 Å². The second-order valence-electron chi connectivity index (χ2n) is 7.92. The van der Waals surface area contributed by atoms with Crippen LogP contribution in [0, 0.1) is 27.7 Å². The fraction of sp³-hybridized carbons (Fsp3) is 0.308. The molecule has 0 unspecified atom stereocenters. The highest BCUT2D eigenvalue weighted by atomic mass is 16.5. The third kappa shape index (κ3) is 6.16. The molecule has 7 nitrogen and oxygen atoms in total. The van der Waals surface area contributed by atoms with E-state index in [1.807, 2.05) is 61.7 Å².